The average Bonchev–Trinajstić information content (AvgIpc) is 2.97. The Balaban J connectivity index is 1.34. The van der Waals surface area contributed by atoms with Crippen LogP contribution in [-0.4, -0.2) is 38.7 Å². The van der Waals surface area contributed by atoms with Crippen LogP contribution in [0.4, 0.5) is 5.69 Å². The molecular weight excluding hydrogens is 500 g/mol. The Labute approximate surface area is 236 Å². The first-order chi connectivity index (χ1) is 19.3. The highest BCUT2D eigenvalue weighted by atomic mass is 16.5. The molecule has 3 aromatic rings. The lowest BCUT2D eigenvalue weighted by molar-refractivity contribution is 0.0600. The minimum absolute atomic E-state index is 0.137. The summed E-state index contributed by atoms with van der Waals surface area (Å²) in [6, 6.07) is 23.4. The summed E-state index contributed by atoms with van der Waals surface area (Å²) in [5.41, 5.74) is 5.09. The molecule has 1 amide bonds. The van der Waals surface area contributed by atoms with Gasteiger partial charge in [0.15, 0.2) is 0 Å². The van der Waals surface area contributed by atoms with E-state index in [2.05, 4.69) is 35.4 Å². The number of carbonyl (C=O) groups is 2. The minimum Gasteiger partial charge on any atom is -0.490 e. The van der Waals surface area contributed by atoms with E-state index in [0.717, 1.165) is 35.7 Å². The van der Waals surface area contributed by atoms with E-state index in [4.69, 9.17) is 9.47 Å². The molecule has 0 saturated heterocycles. The quantitative estimate of drug-likeness (QED) is 0.362. The van der Waals surface area contributed by atoms with Gasteiger partial charge in [0, 0.05) is 18.0 Å². The van der Waals surface area contributed by atoms with Crippen LogP contribution in [0.3, 0.4) is 0 Å². The Morgan fingerprint density at radius 2 is 1.75 bits per heavy atom. The van der Waals surface area contributed by atoms with Gasteiger partial charge in [0.2, 0.25) is 0 Å². The summed E-state index contributed by atoms with van der Waals surface area (Å²) in [6.45, 7) is 8.26. The van der Waals surface area contributed by atoms with Crippen LogP contribution in [-0.2, 0) is 10.3 Å². The first kappa shape index (κ1) is 27.3. The molecule has 2 atom stereocenters. The van der Waals surface area contributed by atoms with Gasteiger partial charge in [-0.1, -0.05) is 67.6 Å². The van der Waals surface area contributed by atoms with Crippen molar-refractivity contribution < 1.29 is 19.1 Å². The second kappa shape index (κ2) is 11.4. The molecule has 0 bridgehead atoms. The smallest absolute Gasteiger partial charge is 0.337 e. The molecule has 6 nitrogen and oxygen atoms in total. The van der Waals surface area contributed by atoms with Crippen molar-refractivity contribution in [2.45, 2.75) is 32.2 Å². The number of allylic oxidation sites excluding steroid dienone is 3. The van der Waals surface area contributed by atoms with Crippen LogP contribution >= 0.6 is 0 Å². The van der Waals surface area contributed by atoms with E-state index in [-0.39, 0.29) is 17.8 Å². The Morgan fingerprint density at radius 1 is 1.02 bits per heavy atom. The van der Waals surface area contributed by atoms with Crippen LogP contribution in [0.1, 0.15) is 58.5 Å². The van der Waals surface area contributed by atoms with Gasteiger partial charge in [-0.2, -0.15) is 0 Å². The van der Waals surface area contributed by atoms with Gasteiger partial charge in [-0.15, -0.1) is 0 Å². The fourth-order valence-electron chi connectivity index (χ4n) is 5.61. The number of ether oxygens (including phenoxy) is 2. The standard InChI is InChI=1S/C34H36N2O4/c1-23-9-8-10-27(31(23)24-13-15-25(16-14-24)33(38)39-4)22-36-19-20-40-30-21-26(17-18-29(30)36)32(37)35-34(2,3)28-11-6-5-7-12-28/h5-18,21,23,31H,19-20,22H2,1-4H3,(H,35,37)/t23-,31?/m0/s1. The Morgan fingerprint density at radius 3 is 2.48 bits per heavy atom. The van der Waals surface area contributed by atoms with Gasteiger partial charge in [0.05, 0.1) is 30.4 Å². The van der Waals surface area contributed by atoms with Crippen molar-refractivity contribution in [1.82, 2.24) is 5.32 Å². The average molecular weight is 537 g/mol. The van der Waals surface area contributed by atoms with Crippen LogP contribution in [0.15, 0.2) is 96.6 Å². The van der Waals surface area contributed by atoms with E-state index in [9.17, 15) is 9.59 Å². The number of esters is 1. The summed E-state index contributed by atoms with van der Waals surface area (Å²) in [5.74, 6) is 0.745. The summed E-state index contributed by atoms with van der Waals surface area (Å²) < 4.78 is 10.9. The monoisotopic (exact) mass is 536 g/mol. The number of hydrogen-bond donors (Lipinski definition) is 1. The molecular formula is C34H36N2O4. The molecule has 0 saturated carbocycles. The lowest BCUT2D eigenvalue weighted by atomic mass is 9.78. The molecule has 40 heavy (non-hydrogen) atoms. The number of nitrogens with zero attached hydrogens (tertiary/aromatic N) is 1. The number of nitrogens with one attached hydrogen (secondary N) is 1. The predicted molar refractivity (Wildman–Crippen MR) is 158 cm³/mol. The fraction of sp³-hybridized carbons (Fsp3) is 0.294. The topological polar surface area (TPSA) is 67.9 Å². The van der Waals surface area contributed by atoms with E-state index < -0.39 is 5.54 Å². The molecule has 1 unspecified atom stereocenters. The van der Waals surface area contributed by atoms with Crippen molar-refractivity contribution in [1.29, 1.82) is 0 Å². The van der Waals surface area contributed by atoms with Crippen LogP contribution in [0, 0.1) is 5.92 Å². The van der Waals surface area contributed by atoms with Crippen LogP contribution in [0.25, 0.3) is 0 Å². The van der Waals surface area contributed by atoms with Gasteiger partial charge in [0.25, 0.3) is 5.91 Å². The highest BCUT2D eigenvalue weighted by Gasteiger charge is 2.29. The molecule has 206 valence electrons. The van der Waals surface area contributed by atoms with E-state index in [1.165, 1.54) is 12.7 Å². The molecule has 3 aromatic carbocycles. The van der Waals surface area contributed by atoms with Crippen molar-refractivity contribution >= 4 is 17.6 Å². The number of carbonyl (C=O) groups excluding carboxylic acids is 2. The first-order valence-corrected chi connectivity index (χ1v) is 13.7. The predicted octanol–water partition coefficient (Wildman–Crippen LogP) is 6.25. The Kier molecular flexibility index (Phi) is 7.78. The third-order valence-corrected chi connectivity index (χ3v) is 7.82. The van der Waals surface area contributed by atoms with E-state index in [1.807, 2.05) is 86.6 Å². The molecule has 0 fully saturated rings. The van der Waals surface area contributed by atoms with Crippen LogP contribution in [0.2, 0.25) is 0 Å². The van der Waals surface area contributed by atoms with Gasteiger partial charge in [0.1, 0.15) is 12.4 Å². The number of benzene rings is 3. The maximum absolute atomic E-state index is 13.2. The summed E-state index contributed by atoms with van der Waals surface area (Å²) in [5, 5.41) is 3.16. The lowest BCUT2D eigenvalue weighted by Gasteiger charge is -2.36. The maximum Gasteiger partial charge on any atom is 0.337 e. The van der Waals surface area contributed by atoms with Crippen molar-refractivity contribution in [3.8, 4) is 5.75 Å². The zero-order valence-electron chi connectivity index (χ0n) is 23.5. The Hall–Kier alpha value is -4.32. The van der Waals surface area contributed by atoms with Crippen LogP contribution in [0.5, 0.6) is 5.75 Å². The molecule has 1 heterocycles. The second-order valence-corrected chi connectivity index (χ2v) is 11.0. The maximum atomic E-state index is 13.2. The van der Waals surface area contributed by atoms with Crippen molar-refractivity contribution in [2.75, 3.05) is 31.7 Å². The van der Waals surface area contributed by atoms with Crippen LogP contribution < -0.4 is 15.0 Å². The highest BCUT2D eigenvalue weighted by molar-refractivity contribution is 5.96. The molecule has 0 aromatic heterocycles. The minimum atomic E-state index is -0.511. The highest BCUT2D eigenvalue weighted by Crippen LogP contribution is 2.39. The van der Waals surface area contributed by atoms with Gasteiger partial charge >= 0.3 is 5.97 Å². The number of rotatable bonds is 7. The van der Waals surface area contributed by atoms with E-state index in [1.54, 1.807) is 0 Å². The number of methoxy groups -OCH3 is 1. The zero-order valence-corrected chi connectivity index (χ0v) is 23.5. The van der Waals surface area contributed by atoms with Gasteiger partial charge in [-0.25, -0.2) is 4.79 Å². The number of anilines is 1. The third kappa shape index (κ3) is 5.67. The summed E-state index contributed by atoms with van der Waals surface area (Å²) >= 11 is 0. The SMILES string of the molecule is COC(=O)c1ccc(C2C(CN3CCOc4cc(C(=O)NC(C)(C)c5ccccc5)ccc43)=CC=C[C@@H]2C)cc1. The van der Waals surface area contributed by atoms with E-state index in [0.29, 0.717) is 23.7 Å². The normalized spacial score (nSPS) is 18.3. The molecule has 0 spiro atoms. The molecule has 6 heteroatoms. The Bertz CT molecular complexity index is 1440. The first-order valence-electron chi connectivity index (χ1n) is 13.7. The van der Waals surface area contributed by atoms with Crippen molar-refractivity contribution in [3.05, 3.63) is 119 Å². The molecule has 5 rings (SSSR count). The summed E-state index contributed by atoms with van der Waals surface area (Å²) in [7, 11) is 1.39. The van der Waals surface area contributed by atoms with Crippen molar-refractivity contribution in [3.63, 3.8) is 0 Å². The van der Waals surface area contributed by atoms with E-state index >= 15 is 0 Å². The zero-order chi connectivity index (χ0) is 28.3. The number of amides is 1. The van der Waals surface area contributed by atoms with Gasteiger partial charge in [-0.3, -0.25) is 4.79 Å². The summed E-state index contributed by atoms with van der Waals surface area (Å²) in [6.07, 6.45) is 6.54. The number of hydrogen-bond acceptors (Lipinski definition) is 5. The number of fused-ring (bicyclic) bond motifs is 1. The lowest BCUT2D eigenvalue weighted by Crippen LogP contribution is -2.41. The molecule has 1 aliphatic heterocycles. The van der Waals surface area contributed by atoms with Gasteiger partial charge in [-0.05, 0) is 66.8 Å². The largest absolute Gasteiger partial charge is 0.490 e. The summed E-state index contributed by atoms with van der Waals surface area (Å²) in [4.78, 5) is 27.5. The fourth-order valence-corrected chi connectivity index (χ4v) is 5.61. The van der Waals surface area contributed by atoms with Gasteiger partial charge < -0.3 is 19.7 Å². The third-order valence-electron chi connectivity index (χ3n) is 7.82. The second-order valence-electron chi connectivity index (χ2n) is 11.0. The van der Waals surface area contributed by atoms with Crippen molar-refractivity contribution in [2.24, 2.45) is 5.92 Å². The molecule has 1 N–H and O–H groups in total. The molecule has 2 aliphatic rings. The molecule has 0 radical (unpaired) electrons. The molecule has 1 aliphatic carbocycles.